The summed E-state index contributed by atoms with van der Waals surface area (Å²) in [6, 6.07) is 135. The number of rotatable bonds is 12. The fraction of sp³-hybridized carbons (Fsp3) is 0. The molecule has 0 saturated heterocycles. The molecule has 18 aromatic rings. The number of hydrogen-bond donors (Lipinski definition) is 6. The molecular weight excluding hydrogens is 1560 g/mol. The maximum absolute atomic E-state index is 8.52. The number of benzene rings is 12. The zero-order valence-electron chi connectivity index (χ0n) is 58.4. The topological polar surface area (TPSA) is 252 Å². The van der Waals surface area contributed by atoms with Gasteiger partial charge in [0.25, 0.3) is 0 Å². The second kappa shape index (κ2) is 41.2. The van der Waals surface area contributed by atoms with Crippen LogP contribution in [0.1, 0.15) is 0 Å². The van der Waals surface area contributed by atoms with Gasteiger partial charge >= 0.3 is 44.8 Å². The van der Waals surface area contributed by atoms with E-state index in [1.54, 1.807) is 0 Å². The molecule has 0 aliphatic carbocycles. The molecule has 0 saturated carbocycles. The van der Waals surface area contributed by atoms with Crippen molar-refractivity contribution in [1.29, 1.82) is 0 Å². The number of aromatic nitrogens is 12. The van der Waals surface area contributed by atoms with Crippen molar-refractivity contribution in [2.75, 3.05) is 0 Å². The van der Waals surface area contributed by atoms with Crippen LogP contribution in [0.3, 0.4) is 0 Å². The summed E-state index contributed by atoms with van der Waals surface area (Å²) in [6.45, 7) is 0. The van der Waals surface area contributed by atoms with Gasteiger partial charge in [-0.15, -0.1) is 0 Å². The Morgan fingerprint density at radius 2 is 0.266 bits per heavy atom. The van der Waals surface area contributed by atoms with E-state index in [0.717, 1.165) is 135 Å². The Labute approximate surface area is 664 Å². The summed E-state index contributed by atoms with van der Waals surface area (Å²) in [4.78, 5) is 0. The standard InChI is InChI=1S/6C15H12N2.2Ag.H2O4S/c6*1-3-7-12(8-4-1)14-11-15(17-16-14)13-9-5-2-6-10-13;;;1-5(2,3)4/h6*1-11H,(H,16,17);;;(H2,1,2,3,4)/q;;;;;;2*+1;/p-2. The number of nitrogens with zero attached hydrogens (tertiary/aromatic N) is 6. The van der Waals surface area contributed by atoms with Crippen LogP contribution < -0.4 is 0 Å². The third kappa shape index (κ3) is 24.1. The second-order valence-electron chi connectivity index (χ2n) is 23.8. The first-order valence-electron chi connectivity index (χ1n) is 34.2. The van der Waals surface area contributed by atoms with Crippen molar-refractivity contribution >= 4 is 10.4 Å². The molecule has 16 nitrogen and oxygen atoms in total. The normalized spacial score (nSPS) is 10.2. The molecule has 0 radical (unpaired) electrons. The van der Waals surface area contributed by atoms with E-state index in [-0.39, 0.29) is 44.8 Å². The number of H-pyrrole nitrogens is 6. The molecule has 6 aromatic heterocycles. The van der Waals surface area contributed by atoms with E-state index < -0.39 is 10.4 Å². The van der Waals surface area contributed by atoms with Gasteiger partial charge in [0.05, 0.1) is 68.3 Å². The monoisotopic (exact) mass is 1630 g/mol. The summed E-state index contributed by atoms with van der Waals surface area (Å²) in [5, 5.41) is 44.5. The van der Waals surface area contributed by atoms with Gasteiger partial charge in [0, 0.05) is 43.8 Å². The van der Waals surface area contributed by atoms with Crippen LogP contribution >= 0.6 is 0 Å². The first-order chi connectivity index (χ1) is 52.6. The minimum Gasteiger partial charge on any atom is -0.759 e. The molecule has 19 heteroatoms. The molecule has 6 heterocycles. The molecule has 0 bridgehead atoms. The van der Waals surface area contributed by atoms with E-state index >= 15 is 0 Å². The number of hydrogen-bond acceptors (Lipinski definition) is 10. The fourth-order valence-corrected chi connectivity index (χ4v) is 11.1. The first kappa shape index (κ1) is 78.8. The van der Waals surface area contributed by atoms with E-state index in [9.17, 15) is 0 Å². The molecule has 12 aromatic carbocycles. The van der Waals surface area contributed by atoms with Gasteiger partial charge in [0.2, 0.25) is 0 Å². The van der Waals surface area contributed by atoms with E-state index in [2.05, 4.69) is 243 Å². The zero-order chi connectivity index (χ0) is 73.5. The van der Waals surface area contributed by atoms with E-state index in [1.807, 2.05) is 218 Å². The van der Waals surface area contributed by atoms with Crippen LogP contribution in [0.2, 0.25) is 0 Å². The van der Waals surface area contributed by atoms with Crippen LogP contribution in [0.25, 0.3) is 135 Å². The van der Waals surface area contributed by atoms with Crippen molar-refractivity contribution in [1.82, 2.24) is 61.2 Å². The number of nitrogens with one attached hydrogen (secondary N) is 6. The van der Waals surface area contributed by atoms with E-state index in [0.29, 0.717) is 0 Å². The molecule has 109 heavy (non-hydrogen) atoms. The minimum atomic E-state index is -5.17. The molecule has 0 atom stereocenters. The molecule has 6 N–H and O–H groups in total. The Kier molecular flexibility index (Phi) is 29.8. The first-order valence-corrected chi connectivity index (χ1v) is 35.6. The van der Waals surface area contributed by atoms with Gasteiger partial charge in [-0.05, 0) is 69.8 Å². The van der Waals surface area contributed by atoms with Crippen LogP contribution in [-0.2, 0) is 55.2 Å². The molecule has 0 fully saturated rings. The van der Waals surface area contributed by atoms with Crippen molar-refractivity contribution in [2.24, 2.45) is 0 Å². The van der Waals surface area contributed by atoms with Crippen molar-refractivity contribution in [3.63, 3.8) is 0 Å². The van der Waals surface area contributed by atoms with Crippen LogP contribution in [-0.4, -0.2) is 78.7 Å². The predicted octanol–water partition coefficient (Wildman–Crippen LogP) is 21.1. The third-order valence-corrected chi connectivity index (χ3v) is 16.4. The molecular formula is C90H72Ag2N12O4S. The Bertz CT molecular complexity index is 4450. The summed E-state index contributed by atoms with van der Waals surface area (Å²) in [5.41, 5.74) is 25.8. The van der Waals surface area contributed by atoms with Gasteiger partial charge in [0.15, 0.2) is 0 Å². The molecule has 0 aliphatic heterocycles. The summed E-state index contributed by atoms with van der Waals surface area (Å²) >= 11 is 0. The smallest absolute Gasteiger partial charge is 0.759 e. The van der Waals surface area contributed by atoms with Crippen molar-refractivity contribution in [3.8, 4) is 135 Å². The summed E-state index contributed by atoms with van der Waals surface area (Å²) in [5.74, 6) is 0. The zero-order valence-corrected chi connectivity index (χ0v) is 62.2. The molecule has 0 amide bonds. The molecule has 0 spiro atoms. The quantitative estimate of drug-likeness (QED) is 0.0383. The van der Waals surface area contributed by atoms with Gasteiger partial charge in [-0.3, -0.25) is 39.0 Å². The molecule has 0 unspecified atom stereocenters. The van der Waals surface area contributed by atoms with Gasteiger partial charge in [-0.1, -0.05) is 364 Å². The van der Waals surface area contributed by atoms with E-state index in [1.165, 1.54) is 0 Å². The Balaban J connectivity index is 0.000000137. The van der Waals surface area contributed by atoms with Crippen molar-refractivity contribution in [3.05, 3.63) is 400 Å². The summed E-state index contributed by atoms with van der Waals surface area (Å²) in [7, 11) is -5.17. The van der Waals surface area contributed by atoms with Gasteiger partial charge in [-0.2, -0.15) is 30.6 Å². The van der Waals surface area contributed by atoms with Gasteiger partial charge < -0.3 is 9.11 Å². The summed E-state index contributed by atoms with van der Waals surface area (Å²) < 4.78 is 34.1. The largest absolute Gasteiger partial charge is 1.00 e. The molecule has 0 aliphatic rings. The average molecular weight is 1630 g/mol. The van der Waals surface area contributed by atoms with Gasteiger partial charge in [0.1, 0.15) is 0 Å². The maximum Gasteiger partial charge on any atom is 1.00 e. The van der Waals surface area contributed by atoms with Crippen molar-refractivity contribution in [2.45, 2.75) is 0 Å². The van der Waals surface area contributed by atoms with Gasteiger partial charge in [-0.25, -0.2) is 0 Å². The Morgan fingerprint density at radius 1 is 0.174 bits per heavy atom. The third-order valence-electron chi connectivity index (χ3n) is 16.4. The minimum absolute atomic E-state index is 0. The fourth-order valence-electron chi connectivity index (χ4n) is 11.1. The Hall–Kier alpha value is -12.7. The average Bonchev–Trinajstić information content (AvgIpc) is 1.75. The van der Waals surface area contributed by atoms with E-state index in [4.69, 9.17) is 17.5 Å². The molecule has 18 rings (SSSR count). The summed E-state index contributed by atoms with van der Waals surface area (Å²) in [6.07, 6.45) is 0. The van der Waals surface area contributed by atoms with Crippen LogP contribution in [0, 0.1) is 0 Å². The van der Waals surface area contributed by atoms with Crippen LogP contribution in [0.5, 0.6) is 0 Å². The maximum atomic E-state index is 8.52. The SMILES string of the molecule is O=S(=O)([O-])[O-].[Ag+].[Ag+].c1ccc(-c2cc(-c3ccccc3)[nH]n2)cc1.c1ccc(-c2cc(-c3ccccc3)[nH]n2)cc1.c1ccc(-c2cc(-c3ccccc3)[nH]n2)cc1.c1ccc(-c2cc(-c3ccccc3)[nH]n2)cc1.c1ccc(-c2cc(-c3ccccc3)[nH]n2)cc1.c1ccc(-c2cc(-c3ccccc3)[nH]n2)cc1. The number of aromatic amines is 6. The van der Waals surface area contributed by atoms with Crippen LogP contribution in [0.4, 0.5) is 0 Å². The Morgan fingerprint density at radius 3 is 0.367 bits per heavy atom. The molecule has 544 valence electrons. The predicted molar refractivity (Wildman–Crippen MR) is 427 cm³/mol. The van der Waals surface area contributed by atoms with Crippen LogP contribution in [0.15, 0.2) is 400 Å². The second-order valence-corrected chi connectivity index (χ2v) is 24.6. The van der Waals surface area contributed by atoms with Crippen molar-refractivity contribution < 1.29 is 62.3 Å².